The van der Waals surface area contributed by atoms with Crippen molar-refractivity contribution in [1.82, 2.24) is 25.3 Å². The topological polar surface area (TPSA) is 158 Å². The maximum atomic E-state index is 14.3. The predicted octanol–water partition coefficient (Wildman–Crippen LogP) is 4.22. The van der Waals surface area contributed by atoms with Gasteiger partial charge in [-0.05, 0) is 57.1 Å². The molecule has 0 bridgehead atoms. The van der Waals surface area contributed by atoms with Crippen molar-refractivity contribution in [2.45, 2.75) is 143 Å². The highest BCUT2D eigenvalue weighted by Crippen LogP contribution is 2.30. The van der Waals surface area contributed by atoms with Gasteiger partial charge in [0.15, 0.2) is 0 Å². The Hall–Kier alpha value is -3.55. The molecule has 13 heteroatoms. The highest BCUT2D eigenvalue weighted by atomic mass is 16.5. The molecule has 1 aromatic carbocycles. The lowest BCUT2D eigenvalue weighted by Crippen LogP contribution is -2.60. The van der Waals surface area contributed by atoms with Crippen LogP contribution in [0.15, 0.2) is 30.3 Å². The van der Waals surface area contributed by atoms with Gasteiger partial charge in [-0.2, -0.15) is 0 Å². The number of aliphatic carboxylic acids is 1. The Morgan fingerprint density at radius 1 is 0.891 bits per heavy atom. The third kappa shape index (κ3) is 12.7. The molecular weight excluding hydrogens is 702 g/mol. The van der Waals surface area contributed by atoms with Crippen LogP contribution in [0.5, 0.6) is 0 Å². The summed E-state index contributed by atoms with van der Waals surface area (Å²) in [6.45, 7) is 18.1. The number of nitrogens with zero attached hydrogens (tertiary/aromatic N) is 3. The number of carbonyl (C=O) groups is 5. The number of carboxylic acids is 1. The number of likely N-dealkylation sites (tertiary alicyclic amines) is 1. The third-order valence-electron chi connectivity index (χ3n) is 11.5. The van der Waals surface area contributed by atoms with Gasteiger partial charge >= 0.3 is 5.97 Å². The van der Waals surface area contributed by atoms with E-state index in [0.717, 1.165) is 12.0 Å². The van der Waals surface area contributed by atoms with Gasteiger partial charge < -0.3 is 35.0 Å². The Morgan fingerprint density at radius 3 is 2.00 bits per heavy atom. The van der Waals surface area contributed by atoms with E-state index < -0.39 is 60.2 Å². The number of hydrogen-bond donors (Lipinski definition) is 3. The van der Waals surface area contributed by atoms with Crippen LogP contribution in [0.3, 0.4) is 0 Å². The fourth-order valence-electron chi connectivity index (χ4n) is 7.91. The Bertz CT molecular complexity index is 1390. The molecule has 1 aromatic rings. The van der Waals surface area contributed by atoms with E-state index in [1.807, 2.05) is 97.7 Å². The number of nitrogens with one attached hydrogen (secondary N) is 2. The van der Waals surface area contributed by atoms with Crippen LogP contribution in [-0.2, 0) is 39.9 Å². The second-order valence-corrected chi connectivity index (χ2v) is 16.4. The quantitative estimate of drug-likeness (QED) is 0.157. The van der Waals surface area contributed by atoms with Crippen LogP contribution < -0.4 is 10.6 Å². The molecule has 13 nitrogen and oxygen atoms in total. The van der Waals surface area contributed by atoms with Gasteiger partial charge in [-0.1, -0.05) is 85.2 Å². The van der Waals surface area contributed by atoms with Crippen LogP contribution in [0.4, 0.5) is 0 Å². The van der Waals surface area contributed by atoms with Crippen molar-refractivity contribution < 1.29 is 38.6 Å². The van der Waals surface area contributed by atoms with Gasteiger partial charge in [0.1, 0.15) is 12.1 Å². The third-order valence-corrected chi connectivity index (χ3v) is 11.5. The fourth-order valence-corrected chi connectivity index (χ4v) is 7.91. The summed E-state index contributed by atoms with van der Waals surface area (Å²) < 4.78 is 11.9. The van der Waals surface area contributed by atoms with Crippen molar-refractivity contribution in [2.24, 2.45) is 23.7 Å². The Labute approximate surface area is 330 Å². The Kier molecular flexibility index (Phi) is 19.3. The second-order valence-electron chi connectivity index (χ2n) is 16.4. The second kappa shape index (κ2) is 22.3. The van der Waals surface area contributed by atoms with Crippen molar-refractivity contribution in [1.29, 1.82) is 0 Å². The number of carboxylic acid groups (broad SMARTS) is 1. The predicted molar refractivity (Wildman–Crippen MR) is 214 cm³/mol. The average molecular weight is 774 g/mol. The van der Waals surface area contributed by atoms with Crippen molar-refractivity contribution >= 4 is 29.6 Å². The summed E-state index contributed by atoms with van der Waals surface area (Å²) in [5.74, 6) is -3.21. The summed E-state index contributed by atoms with van der Waals surface area (Å²) in [6.07, 6.45) is 0.808. The number of likely N-dealkylation sites (N-methyl/N-ethyl adjacent to an activating group) is 2. The van der Waals surface area contributed by atoms with E-state index >= 15 is 0 Å². The molecule has 4 amide bonds. The monoisotopic (exact) mass is 774 g/mol. The molecule has 0 aliphatic carbocycles. The van der Waals surface area contributed by atoms with Gasteiger partial charge in [-0.15, -0.1) is 0 Å². The zero-order valence-corrected chi connectivity index (χ0v) is 35.7. The Morgan fingerprint density at radius 2 is 1.51 bits per heavy atom. The molecule has 1 aliphatic rings. The van der Waals surface area contributed by atoms with E-state index in [-0.39, 0.29) is 54.4 Å². The van der Waals surface area contributed by atoms with Crippen LogP contribution >= 0.6 is 0 Å². The molecule has 1 heterocycles. The van der Waals surface area contributed by atoms with Crippen molar-refractivity contribution in [2.75, 3.05) is 34.9 Å². The first-order valence-electron chi connectivity index (χ1n) is 20.0. The first-order chi connectivity index (χ1) is 25.8. The van der Waals surface area contributed by atoms with Crippen LogP contribution in [0.1, 0.15) is 93.6 Å². The first kappa shape index (κ1) is 47.6. The van der Waals surface area contributed by atoms with Crippen LogP contribution in [0, 0.1) is 23.7 Å². The number of amides is 4. The molecular formula is C42H71N5O8. The van der Waals surface area contributed by atoms with Gasteiger partial charge in [-0.3, -0.25) is 24.1 Å². The summed E-state index contributed by atoms with van der Waals surface area (Å²) in [7, 11) is 6.69. The van der Waals surface area contributed by atoms with E-state index in [0.29, 0.717) is 19.4 Å². The van der Waals surface area contributed by atoms with Gasteiger partial charge in [0, 0.05) is 40.3 Å². The lowest BCUT2D eigenvalue weighted by atomic mass is 9.89. The van der Waals surface area contributed by atoms with Crippen LogP contribution in [-0.4, -0.2) is 133 Å². The number of ether oxygens (including phenoxy) is 2. The maximum absolute atomic E-state index is 14.3. The molecule has 1 fully saturated rings. The molecule has 1 saturated heterocycles. The summed E-state index contributed by atoms with van der Waals surface area (Å²) in [6, 6.07) is 6.00. The molecule has 0 radical (unpaired) electrons. The van der Waals surface area contributed by atoms with Gasteiger partial charge in [0.05, 0.1) is 42.7 Å². The van der Waals surface area contributed by atoms with E-state index in [1.165, 1.54) is 7.11 Å². The minimum Gasteiger partial charge on any atom is -0.480 e. The molecule has 0 aromatic heterocycles. The standard InChI is InChI=1S/C42H71N5O8/c1-14-28(8)37(46(11)41(51)35(25(2)3)44-40(50)36(26(4)5)45(10)27(6)7)33(54-12)24-34(48)47-22-18-21-32(47)38(55-13)29(9)39(49)43-31(42(52)53)23-30-19-16-15-17-20-30/h15-17,19-20,25-29,31-33,35-38H,14,18,21-24H2,1-13H3,(H,43,49)(H,44,50)(H,52,53)/t28-,29+,31-,32-,33+,35?,36-,37-,38+/m0/s1. The highest BCUT2D eigenvalue weighted by molar-refractivity contribution is 5.90. The SMILES string of the molecule is CC[C@H](C)[C@@H]([C@@H](CC(=O)N1CCC[C@H]1[C@H](OC)[C@@H](C)C(=O)N[C@@H](Cc1ccccc1)C(=O)O)OC)N(C)C(=O)C(NC(=O)[C@H](C(C)C)N(C)C(C)C)C(C)C. The normalized spacial score (nSPS) is 19.1. The first-order valence-corrected chi connectivity index (χ1v) is 20.0. The molecule has 2 rings (SSSR count). The highest BCUT2D eigenvalue weighted by Gasteiger charge is 2.43. The smallest absolute Gasteiger partial charge is 0.326 e. The summed E-state index contributed by atoms with van der Waals surface area (Å²) in [4.78, 5) is 73.3. The molecule has 1 aliphatic heterocycles. The average Bonchev–Trinajstić information content (AvgIpc) is 3.62. The van der Waals surface area contributed by atoms with Crippen molar-refractivity contribution in [3.63, 3.8) is 0 Å². The Balaban J connectivity index is 2.29. The van der Waals surface area contributed by atoms with Gasteiger partial charge in [-0.25, -0.2) is 4.79 Å². The number of methoxy groups -OCH3 is 2. The van der Waals surface area contributed by atoms with E-state index in [9.17, 15) is 29.1 Å². The van der Waals surface area contributed by atoms with Gasteiger partial charge in [0.25, 0.3) is 0 Å². The van der Waals surface area contributed by atoms with E-state index in [4.69, 9.17) is 9.47 Å². The van der Waals surface area contributed by atoms with Crippen LogP contribution in [0.25, 0.3) is 0 Å². The van der Waals surface area contributed by atoms with E-state index in [2.05, 4.69) is 10.6 Å². The number of benzene rings is 1. The molecule has 312 valence electrons. The summed E-state index contributed by atoms with van der Waals surface area (Å²) >= 11 is 0. The van der Waals surface area contributed by atoms with Crippen molar-refractivity contribution in [3.8, 4) is 0 Å². The molecule has 3 N–H and O–H groups in total. The van der Waals surface area contributed by atoms with Gasteiger partial charge in [0.2, 0.25) is 23.6 Å². The summed E-state index contributed by atoms with van der Waals surface area (Å²) in [5.41, 5.74) is 0.785. The fraction of sp³-hybridized carbons (Fsp3) is 0.738. The summed E-state index contributed by atoms with van der Waals surface area (Å²) in [5, 5.41) is 15.7. The minimum atomic E-state index is -1.14. The lowest BCUT2D eigenvalue weighted by molar-refractivity contribution is -0.148. The molecule has 0 spiro atoms. The number of rotatable bonds is 22. The molecule has 55 heavy (non-hydrogen) atoms. The number of carbonyl (C=O) groups excluding carboxylic acids is 4. The zero-order valence-electron chi connectivity index (χ0n) is 35.7. The lowest BCUT2D eigenvalue weighted by Gasteiger charge is -2.41. The van der Waals surface area contributed by atoms with Crippen molar-refractivity contribution in [3.05, 3.63) is 35.9 Å². The molecule has 1 unspecified atom stereocenters. The largest absolute Gasteiger partial charge is 0.480 e. The number of hydrogen-bond acceptors (Lipinski definition) is 8. The van der Waals surface area contributed by atoms with E-state index in [1.54, 1.807) is 30.9 Å². The molecule has 0 saturated carbocycles. The minimum absolute atomic E-state index is 0.0118. The molecule has 9 atom stereocenters. The zero-order chi connectivity index (χ0) is 41.7. The maximum Gasteiger partial charge on any atom is 0.326 e. The van der Waals surface area contributed by atoms with Crippen LogP contribution in [0.2, 0.25) is 0 Å².